The Morgan fingerprint density at radius 2 is 1.83 bits per heavy atom. The third-order valence-corrected chi connectivity index (χ3v) is 4.30. The maximum Gasteiger partial charge on any atom is 0.417 e. The fraction of sp³-hybridized carbons (Fsp3) is 0.778. The van der Waals surface area contributed by atoms with Gasteiger partial charge in [-0.1, -0.05) is 44.6 Å². The van der Waals surface area contributed by atoms with Crippen LogP contribution < -0.4 is 0 Å². The first kappa shape index (κ1) is 23.1. The summed E-state index contributed by atoms with van der Waals surface area (Å²) in [6.45, 7) is 6.79. The molecule has 0 fully saturated rings. The van der Waals surface area contributed by atoms with Gasteiger partial charge in [0.25, 0.3) is 0 Å². The molecule has 0 aliphatic carbocycles. The van der Waals surface area contributed by atoms with E-state index in [9.17, 15) is 23.4 Å². The van der Waals surface area contributed by atoms with E-state index in [4.69, 9.17) is 4.74 Å². The van der Waals surface area contributed by atoms with Gasteiger partial charge in [-0.15, -0.1) is 0 Å². The zero-order valence-electron chi connectivity index (χ0n) is 15.2. The highest BCUT2D eigenvalue weighted by atomic mass is 19.4. The van der Waals surface area contributed by atoms with Crippen molar-refractivity contribution < 1.29 is 28.1 Å². The minimum Gasteiger partial charge on any atom is -0.389 e. The lowest BCUT2D eigenvalue weighted by molar-refractivity contribution is -0.263. The van der Waals surface area contributed by atoms with Gasteiger partial charge in [0.2, 0.25) is 0 Å². The van der Waals surface area contributed by atoms with E-state index in [1.807, 2.05) is 13.0 Å². The van der Waals surface area contributed by atoms with Crippen LogP contribution in [0.1, 0.15) is 53.4 Å². The summed E-state index contributed by atoms with van der Waals surface area (Å²) in [5.41, 5.74) is -1.96. The van der Waals surface area contributed by atoms with Crippen LogP contribution in [-0.4, -0.2) is 41.3 Å². The van der Waals surface area contributed by atoms with E-state index in [1.54, 1.807) is 26.0 Å². The minimum absolute atomic E-state index is 0.114. The average Bonchev–Trinajstić information content (AvgIpc) is 2.51. The van der Waals surface area contributed by atoms with Crippen molar-refractivity contribution in [3.8, 4) is 0 Å². The molecule has 0 aliphatic rings. The molecule has 3 nitrogen and oxygen atoms in total. The monoisotopic (exact) mass is 352 g/mol. The number of hydrogen-bond acceptors (Lipinski definition) is 3. The molecule has 1 unspecified atom stereocenters. The number of aliphatic hydroxyl groups excluding tert-OH is 1. The van der Waals surface area contributed by atoms with Gasteiger partial charge < -0.3 is 14.9 Å². The third-order valence-electron chi connectivity index (χ3n) is 4.30. The molecule has 0 aromatic heterocycles. The van der Waals surface area contributed by atoms with Gasteiger partial charge >= 0.3 is 6.18 Å². The molecule has 0 heterocycles. The van der Waals surface area contributed by atoms with Crippen LogP contribution in [0.5, 0.6) is 0 Å². The summed E-state index contributed by atoms with van der Waals surface area (Å²) >= 11 is 0. The van der Waals surface area contributed by atoms with Crippen LogP contribution in [0.3, 0.4) is 0 Å². The van der Waals surface area contributed by atoms with Crippen molar-refractivity contribution in [3.63, 3.8) is 0 Å². The fourth-order valence-corrected chi connectivity index (χ4v) is 2.45. The molecule has 0 amide bonds. The molecule has 2 N–H and O–H groups in total. The van der Waals surface area contributed by atoms with Gasteiger partial charge in [0.1, 0.15) is 6.10 Å². The van der Waals surface area contributed by atoms with E-state index in [2.05, 4.69) is 0 Å². The van der Waals surface area contributed by atoms with Crippen molar-refractivity contribution in [1.29, 1.82) is 0 Å². The van der Waals surface area contributed by atoms with Crippen LogP contribution in [0.2, 0.25) is 0 Å². The average molecular weight is 352 g/mol. The number of aliphatic hydroxyl groups is 2. The number of hydrogen-bond donors (Lipinski definition) is 2. The first-order valence-corrected chi connectivity index (χ1v) is 8.36. The van der Waals surface area contributed by atoms with E-state index in [0.717, 1.165) is 6.42 Å². The smallest absolute Gasteiger partial charge is 0.389 e. The van der Waals surface area contributed by atoms with Crippen LogP contribution in [0, 0.1) is 5.92 Å². The highest BCUT2D eigenvalue weighted by Crippen LogP contribution is 2.37. The molecule has 142 valence electrons. The molecule has 24 heavy (non-hydrogen) atoms. The van der Waals surface area contributed by atoms with Crippen LogP contribution in [0.25, 0.3) is 0 Å². The zero-order chi connectivity index (χ0) is 19.0. The first-order valence-electron chi connectivity index (χ1n) is 8.36. The summed E-state index contributed by atoms with van der Waals surface area (Å²) in [5, 5.41) is 20.0. The standard InChI is InChI=1S/C18H31F3O3/c1-6-8-9-15(24-5)16(22)14(4)12-13(3)10-11-17(23,7-2)18(19,20)21/h8-9,12,14-16,22-23H,6-7,10-11H2,1-5H3/b9-8+,13-12-/t14-,15+,16+,17?/m1/s1. The second-order valence-corrected chi connectivity index (χ2v) is 6.28. The van der Waals surface area contributed by atoms with Crippen molar-refractivity contribution >= 4 is 0 Å². The second-order valence-electron chi connectivity index (χ2n) is 6.28. The SMILES string of the molecule is CC/C=C/[C@H](OC)[C@@H](O)[C@H](C)/C=C(/C)CCC(O)(CC)C(F)(F)F. The number of ether oxygens (including phenoxy) is 1. The van der Waals surface area contributed by atoms with Crippen LogP contribution >= 0.6 is 0 Å². The Morgan fingerprint density at radius 3 is 2.25 bits per heavy atom. The summed E-state index contributed by atoms with van der Waals surface area (Å²) in [4.78, 5) is 0. The fourth-order valence-electron chi connectivity index (χ4n) is 2.45. The number of allylic oxidation sites excluding steroid dienone is 2. The second kappa shape index (κ2) is 10.2. The number of rotatable bonds is 10. The highest BCUT2D eigenvalue weighted by molar-refractivity contribution is 5.06. The predicted molar refractivity (Wildman–Crippen MR) is 89.7 cm³/mol. The molecule has 0 saturated heterocycles. The maximum atomic E-state index is 12.9. The molecule has 0 saturated carbocycles. The highest BCUT2D eigenvalue weighted by Gasteiger charge is 2.51. The lowest BCUT2D eigenvalue weighted by Gasteiger charge is -2.29. The molecule has 4 atom stereocenters. The van der Waals surface area contributed by atoms with Gasteiger partial charge in [0, 0.05) is 13.0 Å². The van der Waals surface area contributed by atoms with Crippen molar-refractivity contribution in [1.82, 2.24) is 0 Å². The van der Waals surface area contributed by atoms with Crippen molar-refractivity contribution in [3.05, 3.63) is 23.8 Å². The van der Waals surface area contributed by atoms with Crippen LogP contribution in [0.15, 0.2) is 23.8 Å². The Bertz CT molecular complexity index is 418. The number of methoxy groups -OCH3 is 1. The third kappa shape index (κ3) is 6.95. The first-order chi connectivity index (χ1) is 11.0. The zero-order valence-corrected chi connectivity index (χ0v) is 15.2. The number of alkyl halides is 3. The van der Waals surface area contributed by atoms with Crippen LogP contribution in [-0.2, 0) is 4.74 Å². The lowest BCUT2D eigenvalue weighted by atomic mass is 9.90. The summed E-state index contributed by atoms with van der Waals surface area (Å²) < 4.78 is 43.9. The topological polar surface area (TPSA) is 49.7 Å². The Labute approximate surface area is 143 Å². The molecule has 0 radical (unpaired) electrons. The lowest BCUT2D eigenvalue weighted by Crippen LogP contribution is -2.44. The van der Waals surface area contributed by atoms with E-state index < -0.39 is 24.0 Å². The van der Waals surface area contributed by atoms with Crippen LogP contribution in [0.4, 0.5) is 13.2 Å². The van der Waals surface area contributed by atoms with E-state index in [1.165, 1.54) is 14.0 Å². The molecule has 0 aromatic rings. The Hall–Kier alpha value is -0.850. The van der Waals surface area contributed by atoms with Crippen molar-refractivity contribution in [2.75, 3.05) is 7.11 Å². The minimum atomic E-state index is -4.64. The molecule has 0 spiro atoms. The molecular weight excluding hydrogens is 321 g/mol. The quantitative estimate of drug-likeness (QED) is 0.573. The molecule has 0 aliphatic heterocycles. The van der Waals surface area contributed by atoms with Gasteiger partial charge in [-0.3, -0.25) is 0 Å². The Morgan fingerprint density at radius 1 is 1.25 bits per heavy atom. The van der Waals surface area contributed by atoms with E-state index in [-0.39, 0.29) is 25.2 Å². The summed E-state index contributed by atoms with van der Waals surface area (Å²) in [6, 6.07) is 0. The largest absolute Gasteiger partial charge is 0.417 e. The molecule has 0 rings (SSSR count). The van der Waals surface area contributed by atoms with Crippen molar-refractivity contribution in [2.45, 2.75) is 77.4 Å². The van der Waals surface area contributed by atoms with Gasteiger partial charge in [0.15, 0.2) is 5.60 Å². The van der Waals surface area contributed by atoms with E-state index in [0.29, 0.717) is 5.57 Å². The summed E-state index contributed by atoms with van der Waals surface area (Å²) in [5.74, 6) is -0.280. The molecular formula is C18H31F3O3. The van der Waals surface area contributed by atoms with Gasteiger partial charge in [-0.05, 0) is 32.6 Å². The number of halogens is 3. The maximum absolute atomic E-state index is 12.9. The van der Waals surface area contributed by atoms with Gasteiger partial charge in [-0.2, -0.15) is 13.2 Å². The van der Waals surface area contributed by atoms with E-state index >= 15 is 0 Å². The molecule has 0 bridgehead atoms. The molecule has 6 heteroatoms. The molecule has 0 aromatic carbocycles. The Balaban J connectivity index is 4.85. The Kier molecular flexibility index (Phi) is 9.85. The summed E-state index contributed by atoms with van der Waals surface area (Å²) in [6.07, 6.45) is -0.312. The van der Waals surface area contributed by atoms with Gasteiger partial charge in [0.05, 0.1) is 6.10 Å². The predicted octanol–water partition coefficient (Wildman–Crippen LogP) is 4.39. The van der Waals surface area contributed by atoms with Crippen molar-refractivity contribution in [2.24, 2.45) is 5.92 Å². The normalized spacial score (nSPS) is 20.0. The van der Waals surface area contributed by atoms with Gasteiger partial charge in [-0.25, -0.2) is 0 Å². The summed E-state index contributed by atoms with van der Waals surface area (Å²) in [7, 11) is 1.50.